The summed E-state index contributed by atoms with van der Waals surface area (Å²) in [6, 6.07) is 0.328. The number of carboxylic acids is 1. The van der Waals surface area contributed by atoms with Crippen LogP contribution in [0.15, 0.2) is 0 Å². The van der Waals surface area contributed by atoms with Gasteiger partial charge in [-0.1, -0.05) is 0 Å². The Morgan fingerprint density at radius 1 is 1.47 bits per heavy atom. The van der Waals surface area contributed by atoms with Gasteiger partial charge in [-0.3, -0.25) is 4.79 Å². The van der Waals surface area contributed by atoms with Gasteiger partial charge in [0.15, 0.2) is 5.75 Å². The molecule has 0 unspecified atom stereocenters. The van der Waals surface area contributed by atoms with E-state index in [2.05, 4.69) is 4.72 Å². The molecular formula is C8H18N2O4S. The summed E-state index contributed by atoms with van der Waals surface area (Å²) < 4.78 is 24.4. The second kappa shape index (κ2) is 6.04. The Kier molecular flexibility index (Phi) is 5.77. The van der Waals surface area contributed by atoms with E-state index >= 15 is 0 Å². The highest BCUT2D eigenvalue weighted by Gasteiger charge is 2.14. The van der Waals surface area contributed by atoms with Crippen LogP contribution in [0.1, 0.15) is 13.8 Å². The molecule has 0 spiro atoms. The van der Waals surface area contributed by atoms with E-state index in [-0.39, 0.29) is 6.54 Å². The summed E-state index contributed by atoms with van der Waals surface area (Å²) in [5.41, 5.74) is 0. The van der Waals surface area contributed by atoms with Gasteiger partial charge < -0.3 is 10.0 Å². The summed E-state index contributed by atoms with van der Waals surface area (Å²) in [6.07, 6.45) is 0. The van der Waals surface area contributed by atoms with Crippen molar-refractivity contribution in [2.24, 2.45) is 0 Å². The Balaban J connectivity index is 3.91. The standard InChI is InChI=1S/C8H18N2O4S/c1-7(2)10(3)5-4-9-15(13,14)6-8(11)12/h7,9H,4-6H2,1-3H3,(H,11,12). The zero-order chi connectivity index (χ0) is 12.1. The van der Waals surface area contributed by atoms with E-state index in [1.807, 2.05) is 25.8 Å². The topological polar surface area (TPSA) is 86.7 Å². The Hall–Kier alpha value is -0.660. The molecule has 2 N–H and O–H groups in total. The maximum absolute atomic E-state index is 11.1. The lowest BCUT2D eigenvalue weighted by atomic mass is 10.3. The molecule has 0 aliphatic heterocycles. The van der Waals surface area contributed by atoms with Gasteiger partial charge in [0.25, 0.3) is 0 Å². The highest BCUT2D eigenvalue weighted by atomic mass is 32.2. The van der Waals surface area contributed by atoms with Crippen molar-refractivity contribution in [2.45, 2.75) is 19.9 Å². The summed E-state index contributed by atoms with van der Waals surface area (Å²) >= 11 is 0. The second-order valence-corrected chi connectivity index (χ2v) is 5.43. The summed E-state index contributed by atoms with van der Waals surface area (Å²) in [6.45, 7) is 4.76. The van der Waals surface area contributed by atoms with Crippen molar-refractivity contribution in [1.29, 1.82) is 0 Å². The summed E-state index contributed by atoms with van der Waals surface area (Å²) in [4.78, 5) is 12.2. The van der Waals surface area contributed by atoms with Crippen molar-refractivity contribution in [1.82, 2.24) is 9.62 Å². The van der Waals surface area contributed by atoms with Crippen molar-refractivity contribution in [3.8, 4) is 0 Å². The molecule has 15 heavy (non-hydrogen) atoms. The van der Waals surface area contributed by atoms with Gasteiger partial charge in [0.05, 0.1) is 0 Å². The Bertz CT molecular complexity index is 300. The Morgan fingerprint density at radius 3 is 2.40 bits per heavy atom. The van der Waals surface area contributed by atoms with E-state index in [9.17, 15) is 13.2 Å². The van der Waals surface area contributed by atoms with Crippen LogP contribution in [-0.4, -0.2) is 56.3 Å². The van der Waals surface area contributed by atoms with Crippen molar-refractivity contribution >= 4 is 16.0 Å². The van der Waals surface area contributed by atoms with Crippen LogP contribution in [0.5, 0.6) is 0 Å². The SMILES string of the molecule is CC(C)N(C)CCNS(=O)(=O)CC(=O)O. The van der Waals surface area contributed by atoms with E-state index in [1.54, 1.807) is 0 Å². The minimum absolute atomic E-state index is 0.226. The average molecular weight is 238 g/mol. The number of nitrogens with one attached hydrogen (secondary N) is 1. The maximum atomic E-state index is 11.1. The third kappa shape index (κ3) is 7.29. The zero-order valence-electron chi connectivity index (χ0n) is 9.23. The molecule has 0 amide bonds. The molecular weight excluding hydrogens is 220 g/mol. The number of aliphatic carboxylic acids is 1. The molecule has 0 radical (unpaired) electrons. The molecule has 0 aromatic carbocycles. The van der Waals surface area contributed by atoms with E-state index < -0.39 is 21.7 Å². The van der Waals surface area contributed by atoms with Crippen molar-refractivity contribution < 1.29 is 18.3 Å². The number of rotatable bonds is 7. The predicted octanol–water partition coefficient (Wildman–Crippen LogP) is -0.669. The largest absolute Gasteiger partial charge is 0.480 e. The lowest BCUT2D eigenvalue weighted by Gasteiger charge is -2.20. The van der Waals surface area contributed by atoms with Crippen LogP contribution in [0.3, 0.4) is 0 Å². The molecule has 0 fully saturated rings. The van der Waals surface area contributed by atoms with E-state index in [0.29, 0.717) is 12.6 Å². The average Bonchev–Trinajstić information content (AvgIpc) is 2.00. The highest BCUT2D eigenvalue weighted by molar-refractivity contribution is 7.90. The van der Waals surface area contributed by atoms with Gasteiger partial charge in [0.1, 0.15) is 0 Å². The van der Waals surface area contributed by atoms with Crippen LogP contribution < -0.4 is 4.72 Å². The van der Waals surface area contributed by atoms with Crippen molar-refractivity contribution in [3.63, 3.8) is 0 Å². The van der Waals surface area contributed by atoms with E-state index in [0.717, 1.165) is 0 Å². The number of sulfonamides is 1. The number of carbonyl (C=O) groups is 1. The van der Waals surface area contributed by atoms with Crippen LogP contribution >= 0.6 is 0 Å². The van der Waals surface area contributed by atoms with Crippen LogP contribution in [-0.2, 0) is 14.8 Å². The molecule has 0 aliphatic rings. The fourth-order valence-electron chi connectivity index (χ4n) is 0.849. The van der Waals surface area contributed by atoms with Crippen LogP contribution in [0, 0.1) is 0 Å². The molecule has 90 valence electrons. The third-order valence-corrected chi connectivity index (χ3v) is 3.25. The first kappa shape index (κ1) is 14.3. The molecule has 0 saturated carbocycles. The van der Waals surface area contributed by atoms with Gasteiger partial charge in [0, 0.05) is 19.1 Å². The monoisotopic (exact) mass is 238 g/mol. The second-order valence-electron chi connectivity index (χ2n) is 3.62. The molecule has 0 aromatic heterocycles. The third-order valence-electron chi connectivity index (χ3n) is 1.98. The summed E-state index contributed by atoms with van der Waals surface area (Å²) in [5.74, 6) is -2.22. The van der Waals surface area contributed by atoms with E-state index in [4.69, 9.17) is 5.11 Å². The smallest absolute Gasteiger partial charge is 0.320 e. The summed E-state index contributed by atoms with van der Waals surface area (Å²) in [5, 5.41) is 8.32. The Labute approximate surface area is 90.3 Å². The number of hydrogen-bond acceptors (Lipinski definition) is 4. The molecule has 0 bridgehead atoms. The zero-order valence-corrected chi connectivity index (χ0v) is 10.0. The van der Waals surface area contributed by atoms with Crippen LogP contribution in [0.4, 0.5) is 0 Å². The predicted molar refractivity (Wildman–Crippen MR) is 57.2 cm³/mol. The maximum Gasteiger partial charge on any atom is 0.320 e. The van der Waals surface area contributed by atoms with E-state index in [1.165, 1.54) is 0 Å². The molecule has 0 atom stereocenters. The fraction of sp³-hybridized carbons (Fsp3) is 0.875. The molecule has 0 saturated heterocycles. The molecule has 0 heterocycles. The number of hydrogen-bond donors (Lipinski definition) is 2. The molecule has 6 nitrogen and oxygen atoms in total. The van der Waals surface area contributed by atoms with Gasteiger partial charge in [-0.25, -0.2) is 13.1 Å². The van der Waals surface area contributed by atoms with Gasteiger partial charge in [-0.05, 0) is 20.9 Å². The first-order chi connectivity index (χ1) is 6.74. The minimum atomic E-state index is -3.68. The van der Waals surface area contributed by atoms with Gasteiger partial charge in [0.2, 0.25) is 10.0 Å². The molecule has 0 rings (SSSR count). The van der Waals surface area contributed by atoms with Gasteiger partial charge in [-0.2, -0.15) is 0 Å². The van der Waals surface area contributed by atoms with Crippen molar-refractivity contribution in [2.75, 3.05) is 25.9 Å². The number of carboxylic acid groups (broad SMARTS) is 1. The highest BCUT2D eigenvalue weighted by Crippen LogP contribution is 1.92. The first-order valence-corrected chi connectivity index (χ1v) is 6.29. The molecule has 7 heteroatoms. The van der Waals surface area contributed by atoms with Crippen LogP contribution in [0.2, 0.25) is 0 Å². The lowest BCUT2D eigenvalue weighted by Crippen LogP contribution is -2.38. The molecule has 0 aromatic rings. The first-order valence-electron chi connectivity index (χ1n) is 4.64. The quantitative estimate of drug-likeness (QED) is 0.614. The van der Waals surface area contributed by atoms with Crippen molar-refractivity contribution in [3.05, 3.63) is 0 Å². The van der Waals surface area contributed by atoms with Gasteiger partial charge in [-0.15, -0.1) is 0 Å². The lowest BCUT2D eigenvalue weighted by molar-refractivity contribution is -0.134. The summed E-state index contributed by atoms with van der Waals surface area (Å²) in [7, 11) is -1.81. The fourth-order valence-corrected chi connectivity index (χ4v) is 1.68. The number of nitrogens with zero attached hydrogens (tertiary/aromatic N) is 1. The van der Waals surface area contributed by atoms with Crippen LogP contribution in [0.25, 0.3) is 0 Å². The molecule has 0 aliphatic carbocycles. The Morgan fingerprint density at radius 2 is 2.00 bits per heavy atom. The van der Waals surface area contributed by atoms with Gasteiger partial charge >= 0.3 is 5.97 Å². The normalized spacial score (nSPS) is 12.3. The number of likely N-dealkylation sites (N-methyl/N-ethyl adjacent to an activating group) is 1. The minimum Gasteiger partial charge on any atom is -0.480 e.